The molecule has 90 valence electrons. The average molecular weight is 259 g/mol. The van der Waals surface area contributed by atoms with Gasteiger partial charge in [-0.3, -0.25) is 4.98 Å². The molecule has 0 saturated carbocycles. The van der Waals surface area contributed by atoms with Crippen molar-refractivity contribution in [1.82, 2.24) is 9.97 Å². The van der Waals surface area contributed by atoms with E-state index in [9.17, 15) is 0 Å². The molecule has 0 aliphatic carbocycles. The van der Waals surface area contributed by atoms with E-state index in [-0.39, 0.29) is 0 Å². The first kappa shape index (κ1) is 12.3. The fourth-order valence-electron chi connectivity index (χ4n) is 1.45. The second-order valence-electron chi connectivity index (χ2n) is 3.84. The van der Waals surface area contributed by atoms with E-state index in [1.165, 1.54) is 6.07 Å². The minimum atomic E-state index is 0.304. The van der Waals surface area contributed by atoms with Crippen LogP contribution in [-0.4, -0.2) is 9.97 Å². The van der Waals surface area contributed by atoms with Gasteiger partial charge in [0.1, 0.15) is 11.0 Å². The molecular formula is C13H11ClN4. The van der Waals surface area contributed by atoms with E-state index in [4.69, 9.17) is 16.9 Å². The highest BCUT2D eigenvalue weighted by Gasteiger charge is 2.01. The topological polar surface area (TPSA) is 61.6 Å². The molecule has 0 unspecified atom stereocenters. The average Bonchev–Trinajstić information content (AvgIpc) is 2.37. The van der Waals surface area contributed by atoms with Crippen molar-refractivity contribution in [3.63, 3.8) is 0 Å². The van der Waals surface area contributed by atoms with Crippen LogP contribution in [0.15, 0.2) is 30.5 Å². The molecule has 0 fully saturated rings. The van der Waals surface area contributed by atoms with E-state index in [1.807, 2.05) is 25.1 Å². The molecule has 0 aromatic carbocycles. The Kier molecular flexibility index (Phi) is 3.75. The van der Waals surface area contributed by atoms with Gasteiger partial charge in [0, 0.05) is 18.4 Å². The zero-order valence-corrected chi connectivity index (χ0v) is 10.6. The van der Waals surface area contributed by atoms with Crippen molar-refractivity contribution in [2.45, 2.75) is 13.5 Å². The molecule has 0 radical (unpaired) electrons. The molecule has 2 aromatic rings. The third kappa shape index (κ3) is 3.19. The Morgan fingerprint density at radius 1 is 1.39 bits per heavy atom. The maximum atomic E-state index is 8.83. The minimum absolute atomic E-state index is 0.304. The van der Waals surface area contributed by atoms with E-state index in [0.29, 0.717) is 23.1 Å². The van der Waals surface area contributed by atoms with Crippen molar-refractivity contribution < 1.29 is 0 Å². The number of aromatic nitrogens is 2. The van der Waals surface area contributed by atoms with Crippen LogP contribution >= 0.6 is 11.6 Å². The SMILES string of the molecule is Cc1ccc(CNc2cc(C#N)cc(Cl)n2)cn1. The number of aryl methyl sites for hydroxylation is 1. The molecule has 2 aromatic heterocycles. The van der Waals surface area contributed by atoms with E-state index >= 15 is 0 Å². The monoisotopic (exact) mass is 258 g/mol. The Morgan fingerprint density at radius 2 is 2.22 bits per heavy atom. The predicted molar refractivity (Wildman–Crippen MR) is 70.3 cm³/mol. The summed E-state index contributed by atoms with van der Waals surface area (Å²) in [4.78, 5) is 8.30. The highest BCUT2D eigenvalue weighted by Crippen LogP contribution is 2.14. The van der Waals surface area contributed by atoms with Crippen molar-refractivity contribution in [2.75, 3.05) is 5.32 Å². The molecule has 0 amide bonds. The summed E-state index contributed by atoms with van der Waals surface area (Å²) in [6.07, 6.45) is 1.80. The fraction of sp³-hybridized carbons (Fsp3) is 0.154. The fourth-order valence-corrected chi connectivity index (χ4v) is 1.66. The van der Waals surface area contributed by atoms with Crippen molar-refractivity contribution in [2.24, 2.45) is 0 Å². The summed E-state index contributed by atoms with van der Waals surface area (Å²) in [6, 6.07) is 9.16. The normalized spacial score (nSPS) is 9.83. The summed E-state index contributed by atoms with van der Waals surface area (Å²) in [5.41, 5.74) is 2.51. The first-order valence-electron chi connectivity index (χ1n) is 5.40. The molecule has 1 N–H and O–H groups in total. The van der Waals surface area contributed by atoms with Gasteiger partial charge in [0.2, 0.25) is 0 Å². The number of rotatable bonds is 3. The maximum absolute atomic E-state index is 8.83. The van der Waals surface area contributed by atoms with Crippen LogP contribution in [0.5, 0.6) is 0 Å². The van der Waals surface area contributed by atoms with Crippen LogP contribution in [0.2, 0.25) is 5.15 Å². The van der Waals surface area contributed by atoms with Crippen LogP contribution in [0, 0.1) is 18.3 Å². The number of nitriles is 1. The zero-order chi connectivity index (χ0) is 13.0. The Bertz CT molecular complexity index is 587. The van der Waals surface area contributed by atoms with Crippen LogP contribution in [0.4, 0.5) is 5.82 Å². The molecular weight excluding hydrogens is 248 g/mol. The zero-order valence-electron chi connectivity index (χ0n) is 9.81. The molecule has 0 saturated heterocycles. The molecule has 18 heavy (non-hydrogen) atoms. The van der Waals surface area contributed by atoms with E-state index in [0.717, 1.165) is 11.3 Å². The van der Waals surface area contributed by atoms with E-state index in [1.54, 1.807) is 12.3 Å². The Labute approximate surface area is 110 Å². The molecule has 0 bridgehead atoms. The maximum Gasteiger partial charge on any atom is 0.132 e. The molecule has 2 rings (SSSR count). The largest absolute Gasteiger partial charge is 0.366 e. The van der Waals surface area contributed by atoms with Crippen LogP contribution in [0.1, 0.15) is 16.8 Å². The van der Waals surface area contributed by atoms with Crippen molar-refractivity contribution in [3.8, 4) is 6.07 Å². The second-order valence-corrected chi connectivity index (χ2v) is 4.22. The van der Waals surface area contributed by atoms with Crippen LogP contribution in [-0.2, 0) is 6.54 Å². The molecule has 4 nitrogen and oxygen atoms in total. The first-order chi connectivity index (χ1) is 8.67. The summed E-state index contributed by atoms with van der Waals surface area (Å²) in [7, 11) is 0. The first-order valence-corrected chi connectivity index (χ1v) is 5.78. The molecule has 0 spiro atoms. The van der Waals surface area contributed by atoms with Gasteiger partial charge in [-0.2, -0.15) is 5.26 Å². The van der Waals surface area contributed by atoms with Crippen LogP contribution in [0.25, 0.3) is 0 Å². The summed E-state index contributed by atoms with van der Waals surface area (Å²) < 4.78 is 0. The highest BCUT2D eigenvalue weighted by molar-refractivity contribution is 6.29. The van der Waals surface area contributed by atoms with Gasteiger partial charge < -0.3 is 5.32 Å². The smallest absolute Gasteiger partial charge is 0.132 e. The van der Waals surface area contributed by atoms with E-state index in [2.05, 4.69) is 15.3 Å². The molecule has 0 aliphatic heterocycles. The molecule has 0 aliphatic rings. The van der Waals surface area contributed by atoms with Crippen LogP contribution in [0.3, 0.4) is 0 Å². The van der Waals surface area contributed by atoms with Gasteiger partial charge >= 0.3 is 0 Å². The van der Waals surface area contributed by atoms with Gasteiger partial charge in [-0.05, 0) is 30.7 Å². The lowest BCUT2D eigenvalue weighted by molar-refractivity contribution is 1.07. The molecule has 0 atom stereocenters. The van der Waals surface area contributed by atoms with Gasteiger partial charge in [-0.1, -0.05) is 17.7 Å². The number of nitrogens with zero attached hydrogens (tertiary/aromatic N) is 3. The van der Waals surface area contributed by atoms with Crippen molar-refractivity contribution in [1.29, 1.82) is 5.26 Å². The van der Waals surface area contributed by atoms with Crippen molar-refractivity contribution in [3.05, 3.63) is 52.4 Å². The van der Waals surface area contributed by atoms with Crippen LogP contribution < -0.4 is 5.32 Å². The molecule has 2 heterocycles. The lowest BCUT2D eigenvalue weighted by Gasteiger charge is -2.06. The number of hydrogen-bond donors (Lipinski definition) is 1. The lowest BCUT2D eigenvalue weighted by Crippen LogP contribution is -2.02. The van der Waals surface area contributed by atoms with Gasteiger partial charge in [0.15, 0.2) is 0 Å². The van der Waals surface area contributed by atoms with Gasteiger partial charge in [0.25, 0.3) is 0 Å². The number of anilines is 1. The standard InChI is InChI=1S/C13H11ClN4/c1-9-2-3-10(7-16-9)8-17-13-5-11(6-15)4-12(14)18-13/h2-5,7H,8H2,1H3,(H,17,18). The second kappa shape index (κ2) is 5.48. The predicted octanol–water partition coefficient (Wildman–Crippen LogP) is 2.92. The number of halogens is 1. The third-order valence-electron chi connectivity index (χ3n) is 2.37. The minimum Gasteiger partial charge on any atom is -0.366 e. The molecule has 5 heteroatoms. The Hall–Kier alpha value is -2.12. The quantitative estimate of drug-likeness (QED) is 0.860. The highest BCUT2D eigenvalue weighted by atomic mass is 35.5. The van der Waals surface area contributed by atoms with Crippen molar-refractivity contribution >= 4 is 17.4 Å². The summed E-state index contributed by atoms with van der Waals surface area (Å²) >= 11 is 5.82. The summed E-state index contributed by atoms with van der Waals surface area (Å²) in [6.45, 7) is 2.53. The van der Waals surface area contributed by atoms with E-state index < -0.39 is 0 Å². The Balaban J connectivity index is 2.08. The Morgan fingerprint density at radius 3 is 2.89 bits per heavy atom. The number of hydrogen-bond acceptors (Lipinski definition) is 4. The van der Waals surface area contributed by atoms with Gasteiger partial charge in [0.05, 0.1) is 11.6 Å². The summed E-state index contributed by atoms with van der Waals surface area (Å²) in [5.74, 6) is 0.583. The van der Waals surface area contributed by atoms with Gasteiger partial charge in [-0.25, -0.2) is 4.98 Å². The number of pyridine rings is 2. The number of nitrogens with one attached hydrogen (secondary N) is 1. The summed E-state index contributed by atoms with van der Waals surface area (Å²) in [5, 5.41) is 12.2. The lowest BCUT2D eigenvalue weighted by atomic mass is 10.2. The van der Waals surface area contributed by atoms with Gasteiger partial charge in [-0.15, -0.1) is 0 Å². The third-order valence-corrected chi connectivity index (χ3v) is 2.56.